The highest BCUT2D eigenvalue weighted by Crippen LogP contribution is 2.64. The van der Waals surface area contributed by atoms with Gasteiger partial charge in [-0.3, -0.25) is 0 Å². The molecule has 0 unspecified atom stereocenters. The minimum atomic E-state index is 0.351. The van der Waals surface area contributed by atoms with Crippen molar-refractivity contribution >= 4 is 0 Å². The van der Waals surface area contributed by atoms with E-state index >= 15 is 0 Å². The van der Waals surface area contributed by atoms with Gasteiger partial charge in [0.05, 0.1) is 13.2 Å². The Morgan fingerprint density at radius 3 is 0.615 bits per heavy atom. The molecule has 0 aromatic rings. The molecule has 5 heterocycles. The molecule has 1 saturated carbocycles. The van der Waals surface area contributed by atoms with Gasteiger partial charge in [0.15, 0.2) is 0 Å². The molecule has 78 heavy (non-hydrogen) atoms. The van der Waals surface area contributed by atoms with Crippen LogP contribution in [0.4, 0.5) is 0 Å². The summed E-state index contributed by atoms with van der Waals surface area (Å²) in [6.07, 6.45) is 9.63. The zero-order valence-electron chi connectivity index (χ0n) is 61.3. The molecule has 0 radical (unpaired) electrons. The normalized spacial score (nSPS) is 23.8. The van der Waals surface area contributed by atoms with Gasteiger partial charge in [-0.2, -0.15) is 0 Å². The van der Waals surface area contributed by atoms with Crippen LogP contribution in [0.2, 0.25) is 0 Å². The molecule has 0 spiro atoms. The van der Waals surface area contributed by atoms with Gasteiger partial charge in [-0.1, -0.05) is 256 Å². The van der Waals surface area contributed by atoms with Crippen molar-refractivity contribution in [3.05, 3.63) is 0 Å². The summed E-state index contributed by atoms with van der Waals surface area (Å²) in [7, 11) is 4.46. The lowest BCUT2D eigenvalue weighted by Crippen LogP contribution is -2.66. The summed E-state index contributed by atoms with van der Waals surface area (Å²) in [6.45, 7) is 97.3. The Labute approximate surface area is 494 Å². The molecule has 0 amide bonds. The van der Waals surface area contributed by atoms with Crippen LogP contribution in [-0.4, -0.2) is 89.5 Å². The van der Waals surface area contributed by atoms with E-state index in [9.17, 15) is 0 Å². The Balaban J connectivity index is 0.000000469. The van der Waals surface area contributed by atoms with E-state index in [4.69, 9.17) is 4.74 Å². The molecule has 2 N–H and O–H groups in total. The predicted molar refractivity (Wildman–Crippen MR) is 352 cm³/mol. The first-order valence-electron chi connectivity index (χ1n) is 32.4. The molecule has 5 heteroatoms. The van der Waals surface area contributed by atoms with E-state index in [1.54, 1.807) is 0 Å². The molecule has 0 aromatic heterocycles. The van der Waals surface area contributed by atoms with E-state index in [1.165, 1.54) is 97.3 Å². The van der Waals surface area contributed by atoms with Gasteiger partial charge >= 0.3 is 0 Å². The van der Waals surface area contributed by atoms with Gasteiger partial charge in [0.1, 0.15) is 0 Å². The molecular formula is C73H150N4O. The van der Waals surface area contributed by atoms with Crippen LogP contribution in [0, 0.1) is 97.5 Å². The third-order valence-corrected chi connectivity index (χ3v) is 24.4. The Morgan fingerprint density at radius 2 is 0.513 bits per heavy atom. The maximum atomic E-state index is 5.39. The summed E-state index contributed by atoms with van der Waals surface area (Å²) in [5.41, 5.74) is 7.88. The van der Waals surface area contributed by atoms with E-state index in [1.807, 2.05) is 0 Å². The molecular weight excluding hydrogens is 949 g/mol. The zero-order valence-corrected chi connectivity index (χ0v) is 61.3. The topological polar surface area (TPSA) is 39.8 Å². The predicted octanol–water partition coefficient (Wildman–Crippen LogP) is 20.3. The van der Waals surface area contributed by atoms with Crippen molar-refractivity contribution in [2.75, 3.05) is 79.7 Å². The van der Waals surface area contributed by atoms with E-state index in [0.29, 0.717) is 97.5 Å². The fourth-order valence-electron chi connectivity index (χ4n) is 18.1. The number of nitrogens with zero attached hydrogens (tertiary/aromatic N) is 2. The highest BCUT2D eigenvalue weighted by Gasteiger charge is 2.59. The maximum absolute atomic E-state index is 5.39. The summed E-state index contributed by atoms with van der Waals surface area (Å²) in [6, 6.07) is 0. The number of hydrogen-bond donors (Lipinski definition) is 2. The van der Waals surface area contributed by atoms with Gasteiger partial charge in [0.2, 0.25) is 0 Å². The number of likely N-dealkylation sites (tertiary alicyclic amines) is 2. The average molecular weight is 1100 g/mol. The average Bonchev–Trinajstić information content (AvgIpc) is 3.07. The number of nitrogens with one attached hydrogen (secondary N) is 2. The third kappa shape index (κ3) is 15.8. The van der Waals surface area contributed by atoms with Crippen LogP contribution in [0.25, 0.3) is 0 Å². The van der Waals surface area contributed by atoms with Crippen molar-refractivity contribution in [1.29, 1.82) is 0 Å². The summed E-state index contributed by atoms with van der Waals surface area (Å²) in [4.78, 5) is 4.90. The van der Waals surface area contributed by atoms with Crippen LogP contribution in [0.3, 0.4) is 0 Å². The Morgan fingerprint density at radius 1 is 0.269 bits per heavy atom. The molecule has 0 aromatic carbocycles. The smallest absolute Gasteiger partial charge is 0.0554 e. The second-order valence-electron chi connectivity index (χ2n) is 39.7. The van der Waals surface area contributed by atoms with Gasteiger partial charge in [-0.05, 0) is 160 Å². The van der Waals surface area contributed by atoms with E-state index in [-0.39, 0.29) is 0 Å². The minimum absolute atomic E-state index is 0.351. The van der Waals surface area contributed by atoms with Gasteiger partial charge < -0.3 is 25.2 Å². The summed E-state index contributed by atoms with van der Waals surface area (Å²) in [5.74, 6) is 0. The number of rotatable bonds is 0. The molecule has 5 aliphatic heterocycles. The highest BCUT2D eigenvalue weighted by molar-refractivity contribution is 5.09. The Bertz CT molecular complexity index is 1570. The summed E-state index contributed by atoms with van der Waals surface area (Å²) >= 11 is 0. The molecule has 5 nitrogen and oxygen atoms in total. The standard InChI is InChI=1S/C14H29N.C13H27N.C12H25N.C12H24.C11H23N.C11H22O/c1-12(2,3)14(13(4,5)6)8-10-15(7)11-9-14;1-11(2,3)13(12(4,5)6)7-9-14-10-8-13;1-10(2,3)12(11(4,5)6)8-13(7)9-12;1-10(2,3)12(8-7-9-12)11(4,5)6;2*1-9(2,3)11(7-12-8-11)10(4,5)6/h8-11H2,1-7H3;14H,7-10H2,1-6H3;8-9H2,1-7H3;7-9H2,1-6H3;12H,7-8H2,1-6H3;7-8H2,1-6H3. The molecule has 1 aliphatic carbocycles. The van der Waals surface area contributed by atoms with Crippen molar-refractivity contribution in [3.63, 3.8) is 0 Å². The lowest BCUT2D eigenvalue weighted by atomic mass is 9.45. The quantitative estimate of drug-likeness (QED) is 0.253. The molecule has 468 valence electrons. The fourth-order valence-corrected chi connectivity index (χ4v) is 18.1. The van der Waals surface area contributed by atoms with Gasteiger partial charge in [-0.25, -0.2) is 0 Å². The third-order valence-electron chi connectivity index (χ3n) is 24.4. The van der Waals surface area contributed by atoms with Gasteiger partial charge in [-0.15, -0.1) is 0 Å². The first kappa shape index (κ1) is 75.8. The number of hydrogen-bond acceptors (Lipinski definition) is 5. The first-order chi connectivity index (χ1) is 34.0. The molecule has 0 bridgehead atoms. The van der Waals surface area contributed by atoms with Crippen LogP contribution in [0.1, 0.15) is 294 Å². The van der Waals surface area contributed by atoms with E-state index < -0.39 is 0 Å². The summed E-state index contributed by atoms with van der Waals surface area (Å²) in [5, 5.41) is 6.90. The van der Waals surface area contributed by atoms with Crippen LogP contribution in [0.15, 0.2) is 0 Å². The molecule has 6 fully saturated rings. The van der Waals surface area contributed by atoms with Crippen LogP contribution in [0.5, 0.6) is 0 Å². The van der Waals surface area contributed by atoms with Crippen LogP contribution in [-0.2, 0) is 4.74 Å². The zero-order chi connectivity index (χ0) is 62.3. The first-order valence-corrected chi connectivity index (χ1v) is 32.4. The van der Waals surface area contributed by atoms with Crippen molar-refractivity contribution in [3.8, 4) is 0 Å². The van der Waals surface area contributed by atoms with E-state index in [2.05, 4.69) is 284 Å². The summed E-state index contributed by atoms with van der Waals surface area (Å²) < 4.78 is 5.39. The Kier molecular flexibility index (Phi) is 24.0. The number of piperidine rings is 2. The molecule has 6 aliphatic rings. The Hall–Kier alpha value is -0.200. The van der Waals surface area contributed by atoms with Crippen molar-refractivity contribution in [2.24, 2.45) is 97.5 Å². The number of ether oxygens (including phenoxy) is 1. The molecule has 0 atom stereocenters. The largest absolute Gasteiger partial charge is 0.380 e. The van der Waals surface area contributed by atoms with Gasteiger partial charge in [0, 0.05) is 42.4 Å². The molecule has 5 saturated heterocycles. The van der Waals surface area contributed by atoms with Gasteiger partial charge in [0.25, 0.3) is 0 Å². The van der Waals surface area contributed by atoms with E-state index in [0.717, 1.165) is 13.2 Å². The second-order valence-corrected chi connectivity index (χ2v) is 39.7. The lowest BCUT2D eigenvalue weighted by molar-refractivity contribution is -0.224. The molecule has 6 rings (SSSR count). The fraction of sp³-hybridized carbons (Fsp3) is 1.00. The SMILES string of the molecule is CC(C)(C)C1(C(C)(C)C)CCC1.CC(C)(C)C1(C(C)(C)C)CCNCC1.CC(C)(C)C1(C(C)(C)C)CNC1.CC(C)(C)C1(C(C)(C)C)COC1.CN1CC(C(C)(C)C)(C(C)(C)C)C1.CN1CCC(C(C)(C)C)(C(C)(C)C)CC1. The maximum Gasteiger partial charge on any atom is 0.0554 e. The lowest BCUT2D eigenvalue weighted by Gasteiger charge is -2.63. The monoisotopic (exact) mass is 1100 g/mol. The second kappa shape index (κ2) is 24.6. The minimum Gasteiger partial charge on any atom is -0.380 e. The van der Waals surface area contributed by atoms with Crippen molar-refractivity contribution in [2.45, 2.75) is 294 Å². The van der Waals surface area contributed by atoms with Crippen molar-refractivity contribution < 1.29 is 4.74 Å². The highest BCUT2D eigenvalue weighted by atomic mass is 16.5. The van der Waals surface area contributed by atoms with Crippen LogP contribution >= 0.6 is 0 Å². The van der Waals surface area contributed by atoms with Crippen LogP contribution < -0.4 is 10.6 Å². The van der Waals surface area contributed by atoms with Crippen molar-refractivity contribution in [1.82, 2.24) is 20.4 Å².